The number of carbonyl (C=O) groups excluding carboxylic acids is 2. The highest BCUT2D eigenvalue weighted by atomic mass is 16.5. The molecule has 4 aliphatic carbocycles. The summed E-state index contributed by atoms with van der Waals surface area (Å²) in [6, 6.07) is 0.121. The minimum Gasteiger partial charge on any atom is -0.455 e. The fourth-order valence-corrected chi connectivity index (χ4v) is 6.90. The van der Waals surface area contributed by atoms with E-state index in [2.05, 4.69) is 27.3 Å². The number of rotatable bonds is 6. The number of fused-ring (bicyclic) bond motifs is 1. The molecule has 2 aromatic rings. The maximum absolute atomic E-state index is 12.6. The summed E-state index contributed by atoms with van der Waals surface area (Å²) in [5.74, 6) is 2.37. The van der Waals surface area contributed by atoms with Gasteiger partial charge in [0.15, 0.2) is 6.61 Å². The molecule has 2 heterocycles. The zero-order valence-corrected chi connectivity index (χ0v) is 18.6. The molecular weight excluding hydrogens is 394 g/mol. The molecule has 166 valence electrons. The van der Waals surface area contributed by atoms with Crippen LogP contribution in [0.2, 0.25) is 0 Å². The zero-order valence-electron chi connectivity index (χ0n) is 18.6. The van der Waals surface area contributed by atoms with Gasteiger partial charge in [0.2, 0.25) is 0 Å². The van der Waals surface area contributed by atoms with Crippen LogP contribution in [0.1, 0.15) is 62.4 Å². The Morgan fingerprint density at radius 1 is 1.19 bits per heavy atom. The van der Waals surface area contributed by atoms with E-state index in [0.29, 0.717) is 5.78 Å². The minimum absolute atomic E-state index is 0.0538. The van der Waals surface area contributed by atoms with Crippen molar-refractivity contribution in [2.75, 3.05) is 6.61 Å². The molecule has 8 nitrogen and oxygen atoms in total. The summed E-state index contributed by atoms with van der Waals surface area (Å²) >= 11 is 0. The van der Waals surface area contributed by atoms with Gasteiger partial charge in [-0.1, -0.05) is 0 Å². The molecular formula is C23H31N5O3. The minimum atomic E-state index is -0.440. The number of aryl methyl sites for hydroxylation is 2. The number of esters is 1. The summed E-state index contributed by atoms with van der Waals surface area (Å²) in [4.78, 5) is 33.4. The highest BCUT2D eigenvalue weighted by Gasteiger charge is 2.53. The average molecular weight is 426 g/mol. The number of hydrogen-bond donors (Lipinski definition) is 1. The molecule has 6 rings (SSSR count). The predicted molar refractivity (Wildman–Crippen MR) is 113 cm³/mol. The quantitative estimate of drug-likeness (QED) is 0.714. The number of hydrogen-bond acceptors (Lipinski definition) is 6. The SMILES string of the molecule is Cc1nc2ncnn2c(C)c1CC(=O)OCC(=O)N[C@@H](C)C12CC3CC(CC(C3)C1)C2. The number of ether oxygens (including phenoxy) is 1. The summed E-state index contributed by atoms with van der Waals surface area (Å²) in [5, 5.41) is 7.29. The lowest BCUT2D eigenvalue weighted by atomic mass is 9.48. The third-order valence-electron chi connectivity index (χ3n) is 8.06. The molecule has 0 saturated heterocycles. The molecule has 0 radical (unpaired) electrons. The average Bonchev–Trinajstić information content (AvgIpc) is 3.17. The second-order valence-corrected chi connectivity index (χ2v) is 10.1. The van der Waals surface area contributed by atoms with Gasteiger partial charge in [-0.2, -0.15) is 10.1 Å². The second-order valence-electron chi connectivity index (χ2n) is 10.1. The van der Waals surface area contributed by atoms with Crippen molar-refractivity contribution in [2.45, 2.75) is 71.8 Å². The molecule has 0 aliphatic heterocycles. The van der Waals surface area contributed by atoms with E-state index in [1.165, 1.54) is 44.9 Å². The first-order valence-corrected chi connectivity index (χ1v) is 11.4. The zero-order chi connectivity index (χ0) is 21.8. The van der Waals surface area contributed by atoms with Gasteiger partial charge in [0.1, 0.15) is 6.33 Å². The van der Waals surface area contributed by atoms with Crippen molar-refractivity contribution < 1.29 is 14.3 Å². The summed E-state index contributed by atoms with van der Waals surface area (Å²) in [5.41, 5.74) is 2.51. The van der Waals surface area contributed by atoms with Crippen molar-refractivity contribution >= 4 is 17.7 Å². The molecule has 0 spiro atoms. The van der Waals surface area contributed by atoms with Crippen molar-refractivity contribution in [1.29, 1.82) is 0 Å². The van der Waals surface area contributed by atoms with Crippen molar-refractivity contribution in [3.05, 3.63) is 23.3 Å². The third-order valence-corrected chi connectivity index (χ3v) is 8.06. The lowest BCUT2D eigenvalue weighted by Gasteiger charge is -2.59. The molecule has 2 aromatic heterocycles. The Morgan fingerprint density at radius 2 is 1.84 bits per heavy atom. The van der Waals surface area contributed by atoms with E-state index >= 15 is 0 Å². The Labute approximate surface area is 182 Å². The topological polar surface area (TPSA) is 98.5 Å². The van der Waals surface area contributed by atoms with Crippen molar-refractivity contribution in [2.24, 2.45) is 23.2 Å². The van der Waals surface area contributed by atoms with Crippen LogP contribution in [0.25, 0.3) is 5.78 Å². The van der Waals surface area contributed by atoms with Crippen LogP contribution in [0.15, 0.2) is 6.33 Å². The van der Waals surface area contributed by atoms with Gasteiger partial charge in [-0.15, -0.1) is 0 Å². The molecule has 0 aromatic carbocycles. The Hall–Kier alpha value is -2.51. The molecule has 4 aliphatic rings. The van der Waals surface area contributed by atoms with E-state index in [4.69, 9.17) is 4.74 Å². The van der Waals surface area contributed by atoms with Crippen LogP contribution in [0.4, 0.5) is 0 Å². The Kier molecular flexibility index (Phi) is 4.98. The van der Waals surface area contributed by atoms with Crippen LogP contribution in [-0.4, -0.2) is 44.1 Å². The lowest BCUT2D eigenvalue weighted by molar-refractivity contribution is -0.149. The van der Waals surface area contributed by atoms with Gasteiger partial charge in [0.25, 0.3) is 11.7 Å². The molecule has 31 heavy (non-hydrogen) atoms. The molecule has 1 N–H and O–H groups in total. The summed E-state index contributed by atoms with van der Waals surface area (Å²) in [6.07, 6.45) is 9.33. The van der Waals surface area contributed by atoms with Crippen LogP contribution >= 0.6 is 0 Å². The van der Waals surface area contributed by atoms with Crippen LogP contribution in [0.5, 0.6) is 0 Å². The number of amides is 1. The smallest absolute Gasteiger partial charge is 0.310 e. The van der Waals surface area contributed by atoms with E-state index in [-0.39, 0.29) is 30.4 Å². The normalized spacial score (nSPS) is 29.8. The maximum atomic E-state index is 12.6. The largest absolute Gasteiger partial charge is 0.455 e. The van der Waals surface area contributed by atoms with Crippen molar-refractivity contribution in [3.63, 3.8) is 0 Å². The number of nitrogens with one attached hydrogen (secondary N) is 1. The van der Waals surface area contributed by atoms with Crippen molar-refractivity contribution in [3.8, 4) is 0 Å². The molecule has 1 amide bonds. The number of carbonyl (C=O) groups is 2. The Balaban J connectivity index is 1.16. The van der Waals surface area contributed by atoms with Gasteiger partial charge >= 0.3 is 5.97 Å². The third kappa shape index (κ3) is 3.70. The van der Waals surface area contributed by atoms with E-state index in [1.54, 1.807) is 4.52 Å². The van der Waals surface area contributed by atoms with E-state index < -0.39 is 5.97 Å². The van der Waals surface area contributed by atoms with Crippen molar-refractivity contribution in [1.82, 2.24) is 24.9 Å². The van der Waals surface area contributed by atoms with E-state index in [9.17, 15) is 9.59 Å². The van der Waals surface area contributed by atoms with Crippen LogP contribution in [-0.2, 0) is 20.7 Å². The van der Waals surface area contributed by atoms with Crippen LogP contribution in [0, 0.1) is 37.0 Å². The first-order chi connectivity index (χ1) is 14.8. The Bertz CT molecular complexity index is 994. The fourth-order valence-electron chi connectivity index (χ4n) is 6.90. The highest BCUT2D eigenvalue weighted by Crippen LogP contribution is 2.61. The monoisotopic (exact) mass is 425 g/mol. The van der Waals surface area contributed by atoms with Gasteiger partial charge in [-0.05, 0) is 82.5 Å². The van der Waals surface area contributed by atoms with Gasteiger partial charge < -0.3 is 10.1 Å². The standard InChI is InChI=1S/C23H31N5O3/c1-13-19(14(2)28-22(26-13)24-12-25-28)7-21(30)31-11-20(29)27-15(3)23-8-16-4-17(9-23)6-18(5-16)10-23/h12,15-18H,4-11H2,1-3H3,(H,27,29)/t15-,16?,17?,18?,23?/m0/s1. The van der Waals surface area contributed by atoms with Gasteiger partial charge in [-0.3, -0.25) is 9.59 Å². The molecule has 4 saturated carbocycles. The van der Waals surface area contributed by atoms with Crippen LogP contribution in [0.3, 0.4) is 0 Å². The Morgan fingerprint density at radius 3 is 2.48 bits per heavy atom. The molecule has 1 atom stereocenters. The molecule has 4 fully saturated rings. The first kappa shape index (κ1) is 20.4. The summed E-state index contributed by atoms with van der Waals surface area (Å²) in [6.45, 7) is 5.61. The molecule has 0 unspecified atom stereocenters. The maximum Gasteiger partial charge on any atom is 0.310 e. The van der Waals surface area contributed by atoms with Gasteiger partial charge in [0.05, 0.1) is 6.42 Å². The van der Waals surface area contributed by atoms with E-state index in [0.717, 1.165) is 34.7 Å². The summed E-state index contributed by atoms with van der Waals surface area (Å²) in [7, 11) is 0. The first-order valence-electron chi connectivity index (χ1n) is 11.4. The van der Waals surface area contributed by atoms with E-state index in [1.807, 2.05) is 13.8 Å². The van der Waals surface area contributed by atoms with Gasteiger partial charge in [0, 0.05) is 23.0 Å². The number of nitrogens with zero attached hydrogens (tertiary/aromatic N) is 4. The summed E-state index contributed by atoms with van der Waals surface area (Å²) < 4.78 is 6.91. The molecule has 4 bridgehead atoms. The van der Waals surface area contributed by atoms with Crippen LogP contribution < -0.4 is 5.32 Å². The molecule has 8 heteroatoms. The predicted octanol–water partition coefficient (Wildman–Crippen LogP) is 2.55. The lowest BCUT2D eigenvalue weighted by Crippen LogP contribution is -2.56. The number of aromatic nitrogens is 4. The van der Waals surface area contributed by atoms with Gasteiger partial charge in [-0.25, -0.2) is 9.50 Å². The second kappa shape index (κ2) is 7.57. The fraction of sp³-hybridized carbons (Fsp3) is 0.696. The highest BCUT2D eigenvalue weighted by molar-refractivity contribution is 5.81.